The summed E-state index contributed by atoms with van der Waals surface area (Å²) >= 11 is 6.62. The van der Waals surface area contributed by atoms with E-state index in [2.05, 4.69) is 5.32 Å². The molecule has 0 unspecified atom stereocenters. The van der Waals surface area contributed by atoms with Crippen molar-refractivity contribution in [2.75, 3.05) is 18.5 Å². The van der Waals surface area contributed by atoms with Gasteiger partial charge in [-0.05, 0) is 63.6 Å². The SMILES string of the molecule is CCOc1cc(/C=C2\SC(=S)N(C(C)C)C2=O)ccc1OCC(=O)Nc1ccc(C)cc1. The Bertz CT molecular complexity index is 1050. The van der Waals surface area contributed by atoms with Gasteiger partial charge >= 0.3 is 0 Å². The van der Waals surface area contributed by atoms with Gasteiger partial charge in [0.2, 0.25) is 0 Å². The molecule has 168 valence electrons. The number of amides is 2. The molecule has 0 saturated carbocycles. The van der Waals surface area contributed by atoms with Gasteiger partial charge in [0.15, 0.2) is 18.1 Å². The van der Waals surface area contributed by atoms with Crippen LogP contribution in [0.3, 0.4) is 0 Å². The Hall–Kier alpha value is -2.84. The molecule has 6 nitrogen and oxygen atoms in total. The number of aryl methyl sites for hydroxylation is 1. The second-order valence-corrected chi connectivity index (χ2v) is 9.16. The number of thioether (sulfide) groups is 1. The molecule has 2 aromatic rings. The van der Waals surface area contributed by atoms with Crippen LogP contribution in [0.25, 0.3) is 6.08 Å². The molecule has 0 radical (unpaired) electrons. The zero-order chi connectivity index (χ0) is 23.3. The van der Waals surface area contributed by atoms with Crippen LogP contribution in [0.15, 0.2) is 47.4 Å². The lowest BCUT2D eigenvalue weighted by atomic mass is 10.1. The number of hydrogen-bond acceptors (Lipinski definition) is 6. The van der Waals surface area contributed by atoms with Gasteiger partial charge in [0.25, 0.3) is 11.8 Å². The van der Waals surface area contributed by atoms with Crippen molar-refractivity contribution >= 4 is 51.9 Å². The zero-order valence-corrected chi connectivity index (χ0v) is 20.1. The van der Waals surface area contributed by atoms with Crippen molar-refractivity contribution in [2.24, 2.45) is 0 Å². The molecular weight excluding hydrogens is 444 g/mol. The lowest BCUT2D eigenvalue weighted by molar-refractivity contribution is -0.123. The molecule has 1 fully saturated rings. The molecule has 2 aromatic carbocycles. The minimum Gasteiger partial charge on any atom is -0.490 e. The van der Waals surface area contributed by atoms with Crippen LogP contribution in [0.5, 0.6) is 11.5 Å². The van der Waals surface area contributed by atoms with Crippen molar-refractivity contribution in [1.82, 2.24) is 4.90 Å². The number of benzene rings is 2. The first-order valence-electron chi connectivity index (χ1n) is 10.3. The van der Waals surface area contributed by atoms with Crippen LogP contribution in [-0.4, -0.2) is 40.3 Å². The third kappa shape index (κ3) is 5.89. The molecule has 0 atom stereocenters. The predicted molar refractivity (Wildman–Crippen MR) is 133 cm³/mol. The molecule has 8 heteroatoms. The normalized spacial score (nSPS) is 14.9. The van der Waals surface area contributed by atoms with Gasteiger partial charge in [-0.15, -0.1) is 0 Å². The Balaban J connectivity index is 1.70. The summed E-state index contributed by atoms with van der Waals surface area (Å²) in [7, 11) is 0. The first kappa shape index (κ1) is 23.8. The number of thiocarbonyl (C=S) groups is 1. The monoisotopic (exact) mass is 470 g/mol. The van der Waals surface area contributed by atoms with Crippen LogP contribution in [0.2, 0.25) is 0 Å². The van der Waals surface area contributed by atoms with E-state index in [1.807, 2.05) is 58.0 Å². The number of anilines is 1. The van der Waals surface area contributed by atoms with Crippen molar-refractivity contribution in [3.05, 3.63) is 58.5 Å². The minimum absolute atomic E-state index is 0.00853. The number of hydrogen-bond donors (Lipinski definition) is 1. The van der Waals surface area contributed by atoms with Crippen LogP contribution < -0.4 is 14.8 Å². The average molecular weight is 471 g/mol. The molecule has 1 N–H and O–H groups in total. The summed E-state index contributed by atoms with van der Waals surface area (Å²) in [6, 6.07) is 12.9. The molecule has 1 aliphatic rings. The van der Waals surface area contributed by atoms with Gasteiger partial charge in [0, 0.05) is 11.7 Å². The number of carbonyl (C=O) groups excluding carboxylic acids is 2. The number of carbonyl (C=O) groups is 2. The lowest BCUT2D eigenvalue weighted by Gasteiger charge is -2.18. The summed E-state index contributed by atoms with van der Waals surface area (Å²) < 4.78 is 12.0. The zero-order valence-electron chi connectivity index (χ0n) is 18.5. The molecule has 3 rings (SSSR count). The summed E-state index contributed by atoms with van der Waals surface area (Å²) in [6.45, 7) is 8.00. The molecule has 1 heterocycles. The van der Waals surface area contributed by atoms with Crippen molar-refractivity contribution in [2.45, 2.75) is 33.7 Å². The summed E-state index contributed by atoms with van der Waals surface area (Å²) in [4.78, 5) is 27.1. The van der Waals surface area contributed by atoms with E-state index in [-0.39, 0.29) is 24.5 Å². The second-order valence-electron chi connectivity index (χ2n) is 7.49. The molecule has 32 heavy (non-hydrogen) atoms. The Morgan fingerprint density at radius 2 is 1.88 bits per heavy atom. The first-order valence-corrected chi connectivity index (χ1v) is 11.5. The molecular formula is C24H26N2O4S2. The van der Waals surface area contributed by atoms with Crippen molar-refractivity contribution in [1.29, 1.82) is 0 Å². The topological polar surface area (TPSA) is 67.9 Å². The Morgan fingerprint density at radius 3 is 2.50 bits per heavy atom. The van der Waals surface area contributed by atoms with E-state index in [4.69, 9.17) is 21.7 Å². The number of nitrogens with zero attached hydrogens (tertiary/aromatic N) is 1. The van der Waals surface area contributed by atoms with Crippen LogP contribution in [0.4, 0.5) is 5.69 Å². The lowest BCUT2D eigenvalue weighted by Crippen LogP contribution is -2.34. The molecule has 2 amide bonds. The number of ether oxygens (including phenoxy) is 2. The first-order chi connectivity index (χ1) is 15.3. The minimum atomic E-state index is -0.266. The molecule has 0 aliphatic carbocycles. The predicted octanol–water partition coefficient (Wildman–Crippen LogP) is 5.02. The van der Waals surface area contributed by atoms with Crippen LogP contribution in [0.1, 0.15) is 31.9 Å². The fourth-order valence-corrected chi connectivity index (χ4v) is 4.58. The number of rotatable bonds is 8. The third-order valence-corrected chi connectivity index (χ3v) is 5.93. The van der Waals surface area contributed by atoms with Crippen LogP contribution in [-0.2, 0) is 9.59 Å². The molecule has 0 spiro atoms. The summed E-state index contributed by atoms with van der Waals surface area (Å²) in [5.74, 6) is 0.598. The smallest absolute Gasteiger partial charge is 0.266 e. The summed E-state index contributed by atoms with van der Waals surface area (Å²) in [5, 5.41) is 2.80. The summed E-state index contributed by atoms with van der Waals surface area (Å²) in [6.07, 6.45) is 1.79. The maximum Gasteiger partial charge on any atom is 0.266 e. The highest BCUT2D eigenvalue weighted by atomic mass is 32.2. The van der Waals surface area contributed by atoms with Gasteiger partial charge in [-0.1, -0.05) is 47.7 Å². The highest BCUT2D eigenvalue weighted by Gasteiger charge is 2.33. The molecule has 0 aromatic heterocycles. The van der Waals surface area contributed by atoms with Crippen molar-refractivity contribution in [3.8, 4) is 11.5 Å². The largest absolute Gasteiger partial charge is 0.490 e. The Morgan fingerprint density at radius 1 is 1.16 bits per heavy atom. The maximum absolute atomic E-state index is 12.6. The number of nitrogens with one attached hydrogen (secondary N) is 1. The van der Waals surface area contributed by atoms with Crippen molar-refractivity contribution < 1.29 is 19.1 Å². The van der Waals surface area contributed by atoms with E-state index in [0.717, 1.165) is 11.1 Å². The van der Waals surface area contributed by atoms with E-state index in [9.17, 15) is 9.59 Å². The second kappa shape index (κ2) is 10.7. The van der Waals surface area contributed by atoms with Crippen molar-refractivity contribution in [3.63, 3.8) is 0 Å². The standard InChI is InChI=1S/C24H26N2O4S2/c1-5-29-20-12-17(13-21-23(28)26(15(2)3)24(31)32-21)8-11-19(20)30-14-22(27)25-18-9-6-16(4)7-10-18/h6-13,15H,5,14H2,1-4H3,(H,25,27)/b21-13-. The molecule has 0 bridgehead atoms. The van der Waals surface area contributed by atoms with Crippen LogP contribution in [0, 0.1) is 6.92 Å². The average Bonchev–Trinajstić information content (AvgIpc) is 3.02. The quantitative estimate of drug-likeness (QED) is 0.432. The molecule has 1 aliphatic heterocycles. The highest BCUT2D eigenvalue weighted by molar-refractivity contribution is 8.26. The Kier molecular flexibility index (Phi) is 7.93. The Labute approximate surface area is 198 Å². The summed E-state index contributed by atoms with van der Waals surface area (Å²) in [5.41, 5.74) is 2.62. The van der Waals surface area contributed by atoms with Crippen LogP contribution >= 0.6 is 24.0 Å². The van der Waals surface area contributed by atoms with Gasteiger partial charge in [-0.2, -0.15) is 0 Å². The van der Waals surface area contributed by atoms with E-state index < -0.39 is 0 Å². The molecule has 1 saturated heterocycles. The van der Waals surface area contributed by atoms with Gasteiger partial charge in [-0.25, -0.2) is 0 Å². The third-order valence-electron chi connectivity index (χ3n) is 4.60. The maximum atomic E-state index is 12.6. The van der Waals surface area contributed by atoms with Gasteiger partial charge in [-0.3, -0.25) is 14.5 Å². The van der Waals surface area contributed by atoms with Gasteiger partial charge in [0.05, 0.1) is 11.5 Å². The fourth-order valence-electron chi connectivity index (χ4n) is 3.06. The van der Waals surface area contributed by atoms with E-state index in [0.29, 0.717) is 33.0 Å². The van der Waals surface area contributed by atoms with Gasteiger partial charge in [0.1, 0.15) is 4.32 Å². The van der Waals surface area contributed by atoms with E-state index in [1.54, 1.807) is 23.1 Å². The van der Waals surface area contributed by atoms with E-state index >= 15 is 0 Å². The van der Waals surface area contributed by atoms with Gasteiger partial charge < -0.3 is 14.8 Å². The van der Waals surface area contributed by atoms with E-state index in [1.165, 1.54) is 11.8 Å². The fraction of sp³-hybridized carbons (Fsp3) is 0.292. The highest BCUT2D eigenvalue weighted by Crippen LogP contribution is 2.35.